The maximum Gasteiger partial charge on any atom is 0.273 e. The molecule has 1 unspecified atom stereocenters. The second-order valence-corrected chi connectivity index (χ2v) is 11.6. The molecule has 9 heteroatoms. The van der Waals surface area contributed by atoms with Gasteiger partial charge >= 0.3 is 0 Å². The van der Waals surface area contributed by atoms with E-state index in [1.165, 1.54) is 0 Å². The zero-order chi connectivity index (χ0) is 20.7. The van der Waals surface area contributed by atoms with Crippen molar-refractivity contribution in [3.8, 4) is 0 Å². The molecule has 2 bridgehead atoms. The molecular formula is C21H32N4O4S. The molecule has 3 atom stereocenters. The summed E-state index contributed by atoms with van der Waals surface area (Å²) >= 11 is 0. The van der Waals surface area contributed by atoms with Crippen molar-refractivity contribution in [1.29, 1.82) is 0 Å². The molecule has 1 amide bonds. The fourth-order valence-electron chi connectivity index (χ4n) is 5.44. The molecule has 3 saturated heterocycles. The molecule has 0 spiro atoms. The average molecular weight is 437 g/mol. The number of hydrogen-bond donors (Lipinski definition) is 2. The number of rotatable bonds is 6. The molecule has 2 aliphatic carbocycles. The molecule has 2 N–H and O–H groups in total. The van der Waals surface area contributed by atoms with Crippen LogP contribution in [-0.4, -0.2) is 61.3 Å². The van der Waals surface area contributed by atoms with E-state index in [-0.39, 0.29) is 35.6 Å². The molecule has 5 fully saturated rings. The predicted octanol–water partition coefficient (Wildman–Crippen LogP) is 1.85. The molecule has 1 aromatic heterocycles. The van der Waals surface area contributed by atoms with E-state index in [1.807, 2.05) is 0 Å². The van der Waals surface area contributed by atoms with Crippen LogP contribution in [0.5, 0.6) is 0 Å². The van der Waals surface area contributed by atoms with Crippen LogP contribution in [0.2, 0.25) is 0 Å². The molecular weight excluding hydrogens is 404 g/mol. The van der Waals surface area contributed by atoms with E-state index in [4.69, 9.17) is 4.52 Å². The van der Waals surface area contributed by atoms with Crippen molar-refractivity contribution in [2.75, 3.05) is 25.4 Å². The SMILES string of the molecule is O=C(N[C@@H]1C[C@@H]2CCCC1CN2S(=O)(=O)CC1CCNCC1)c1cc(C2CC2)on1. The van der Waals surface area contributed by atoms with Crippen LogP contribution in [0.4, 0.5) is 0 Å². The van der Waals surface area contributed by atoms with Gasteiger partial charge in [-0.1, -0.05) is 11.6 Å². The van der Waals surface area contributed by atoms with Gasteiger partial charge in [-0.05, 0) is 69.9 Å². The highest BCUT2D eigenvalue weighted by atomic mass is 32.2. The zero-order valence-corrected chi connectivity index (χ0v) is 18.2. The van der Waals surface area contributed by atoms with Crippen LogP contribution in [0, 0.1) is 11.8 Å². The lowest BCUT2D eigenvalue weighted by Crippen LogP contribution is -2.56. The highest BCUT2D eigenvalue weighted by Crippen LogP contribution is 2.40. The molecule has 6 rings (SSSR count). The summed E-state index contributed by atoms with van der Waals surface area (Å²) in [4.78, 5) is 12.7. The Labute approximate surface area is 178 Å². The number of fused-ring (bicyclic) bond motifs is 4. The average Bonchev–Trinajstić information content (AvgIpc) is 3.52. The first-order chi connectivity index (χ1) is 14.5. The van der Waals surface area contributed by atoms with Crippen molar-refractivity contribution in [2.24, 2.45) is 11.8 Å². The van der Waals surface area contributed by atoms with E-state index in [1.54, 1.807) is 10.4 Å². The van der Waals surface area contributed by atoms with Gasteiger partial charge in [0, 0.05) is 30.6 Å². The third kappa shape index (κ3) is 4.29. The van der Waals surface area contributed by atoms with Crippen LogP contribution in [0.3, 0.4) is 0 Å². The van der Waals surface area contributed by atoms with Crippen LogP contribution >= 0.6 is 0 Å². The van der Waals surface area contributed by atoms with Crippen LogP contribution in [-0.2, 0) is 10.0 Å². The first-order valence-electron chi connectivity index (χ1n) is 11.5. The fourth-order valence-corrected chi connectivity index (χ4v) is 7.62. The Morgan fingerprint density at radius 2 is 2.00 bits per heavy atom. The summed E-state index contributed by atoms with van der Waals surface area (Å²) in [6.07, 6.45) is 7.60. The van der Waals surface area contributed by atoms with E-state index in [2.05, 4.69) is 15.8 Å². The van der Waals surface area contributed by atoms with Crippen molar-refractivity contribution in [3.05, 3.63) is 17.5 Å². The number of nitrogens with one attached hydrogen (secondary N) is 2. The van der Waals surface area contributed by atoms with Gasteiger partial charge in [0.15, 0.2) is 5.69 Å². The van der Waals surface area contributed by atoms with Gasteiger partial charge in [0.25, 0.3) is 5.91 Å². The van der Waals surface area contributed by atoms with Crippen LogP contribution in [0.25, 0.3) is 0 Å². The van der Waals surface area contributed by atoms with Crippen molar-refractivity contribution in [1.82, 2.24) is 20.1 Å². The van der Waals surface area contributed by atoms with E-state index in [0.29, 0.717) is 24.6 Å². The maximum absolute atomic E-state index is 13.2. The van der Waals surface area contributed by atoms with E-state index < -0.39 is 10.0 Å². The van der Waals surface area contributed by atoms with E-state index in [9.17, 15) is 13.2 Å². The second kappa shape index (κ2) is 8.24. The summed E-state index contributed by atoms with van der Waals surface area (Å²) < 4.78 is 33.5. The summed E-state index contributed by atoms with van der Waals surface area (Å²) in [5.41, 5.74) is 0.340. The van der Waals surface area contributed by atoms with Gasteiger partial charge in [0.1, 0.15) is 5.76 Å². The molecule has 0 radical (unpaired) electrons. The molecule has 2 saturated carbocycles. The Balaban J connectivity index is 1.24. The van der Waals surface area contributed by atoms with Crippen LogP contribution in [0.1, 0.15) is 73.5 Å². The van der Waals surface area contributed by atoms with Gasteiger partial charge in [0.2, 0.25) is 10.0 Å². The zero-order valence-electron chi connectivity index (χ0n) is 17.4. The van der Waals surface area contributed by atoms with Crippen molar-refractivity contribution in [2.45, 2.75) is 69.4 Å². The third-order valence-electron chi connectivity index (χ3n) is 7.35. The number of amides is 1. The smallest absolute Gasteiger partial charge is 0.273 e. The van der Waals surface area contributed by atoms with E-state index >= 15 is 0 Å². The minimum atomic E-state index is -3.27. The Kier molecular flexibility index (Phi) is 5.62. The molecule has 4 heterocycles. The summed E-state index contributed by atoms with van der Waals surface area (Å²) in [6.45, 7) is 2.34. The Morgan fingerprint density at radius 1 is 1.20 bits per heavy atom. The Bertz CT molecular complexity index is 875. The van der Waals surface area contributed by atoms with E-state index in [0.717, 1.165) is 63.8 Å². The number of piperidine rings is 2. The molecule has 3 aliphatic heterocycles. The quantitative estimate of drug-likeness (QED) is 0.705. The highest BCUT2D eigenvalue weighted by Gasteiger charge is 2.44. The minimum Gasteiger partial charge on any atom is -0.360 e. The van der Waals surface area contributed by atoms with Gasteiger partial charge in [0.05, 0.1) is 5.75 Å². The van der Waals surface area contributed by atoms with Gasteiger partial charge in [-0.2, -0.15) is 4.31 Å². The van der Waals surface area contributed by atoms with Crippen LogP contribution in [0.15, 0.2) is 10.6 Å². The minimum absolute atomic E-state index is 0.00333. The number of nitrogens with zero attached hydrogens (tertiary/aromatic N) is 2. The lowest BCUT2D eigenvalue weighted by atomic mass is 9.90. The normalized spacial score (nSPS) is 30.9. The monoisotopic (exact) mass is 436 g/mol. The summed E-state index contributed by atoms with van der Waals surface area (Å²) in [7, 11) is -3.27. The summed E-state index contributed by atoms with van der Waals surface area (Å²) in [5, 5.41) is 10.4. The molecule has 0 aromatic carbocycles. The Morgan fingerprint density at radius 3 is 2.77 bits per heavy atom. The first kappa shape index (κ1) is 20.5. The molecule has 8 nitrogen and oxygen atoms in total. The lowest BCUT2D eigenvalue weighted by molar-refractivity contribution is 0.0870. The predicted molar refractivity (Wildman–Crippen MR) is 112 cm³/mol. The number of carbonyl (C=O) groups is 1. The highest BCUT2D eigenvalue weighted by molar-refractivity contribution is 7.89. The number of aromatic nitrogens is 1. The Hall–Kier alpha value is -1.45. The van der Waals surface area contributed by atoms with Gasteiger partial charge < -0.3 is 15.2 Å². The molecule has 166 valence electrons. The maximum atomic E-state index is 13.2. The number of carbonyl (C=O) groups excluding carboxylic acids is 1. The molecule has 5 aliphatic rings. The standard InChI is InChI=1S/C21H32N4O4S/c26-21(19-11-20(29-24-19)15-4-5-15)23-18-10-17-3-1-2-16(18)12-25(17)30(27,28)13-14-6-8-22-9-7-14/h11,14-18,22H,1-10,12-13H2,(H,23,26)/t16?,17-,18+/m0/s1. The largest absolute Gasteiger partial charge is 0.360 e. The summed E-state index contributed by atoms with van der Waals surface area (Å²) in [5.74, 6) is 1.70. The second-order valence-electron chi connectivity index (χ2n) is 9.59. The number of hydrogen-bond acceptors (Lipinski definition) is 6. The van der Waals surface area contributed by atoms with Crippen molar-refractivity contribution < 1.29 is 17.7 Å². The molecule has 30 heavy (non-hydrogen) atoms. The molecule has 1 aromatic rings. The summed E-state index contributed by atoms with van der Waals surface area (Å²) in [6, 6.07) is 1.74. The van der Waals surface area contributed by atoms with Gasteiger partial charge in [-0.3, -0.25) is 4.79 Å². The number of sulfonamides is 1. The van der Waals surface area contributed by atoms with Gasteiger partial charge in [-0.15, -0.1) is 0 Å². The first-order valence-corrected chi connectivity index (χ1v) is 13.1. The van der Waals surface area contributed by atoms with Gasteiger partial charge in [-0.25, -0.2) is 8.42 Å². The van der Waals surface area contributed by atoms with Crippen molar-refractivity contribution in [3.63, 3.8) is 0 Å². The third-order valence-corrected chi connectivity index (χ3v) is 9.40. The topological polar surface area (TPSA) is 105 Å². The lowest BCUT2D eigenvalue weighted by Gasteiger charge is -2.41. The van der Waals surface area contributed by atoms with Crippen LogP contribution < -0.4 is 10.6 Å². The van der Waals surface area contributed by atoms with Crippen molar-refractivity contribution >= 4 is 15.9 Å². The fraction of sp³-hybridized carbons (Fsp3) is 0.810.